The van der Waals surface area contributed by atoms with Gasteiger partial charge in [-0.05, 0) is 44.0 Å². The smallest absolute Gasteiger partial charge is 0.168 e. The largest absolute Gasteiger partial charge is 0.369 e. The standard InChI is InChI=1S/C8H9Br2N3/c1-13(2)5-11-8-6(9)3-4-7(10)12-8/h3-5H,1-2H3/b11-5+. The summed E-state index contributed by atoms with van der Waals surface area (Å²) in [6.45, 7) is 0. The van der Waals surface area contributed by atoms with Crippen molar-refractivity contribution < 1.29 is 0 Å². The van der Waals surface area contributed by atoms with Crippen molar-refractivity contribution in [3.8, 4) is 0 Å². The fraction of sp³-hybridized carbons (Fsp3) is 0.250. The Kier molecular flexibility index (Phi) is 3.87. The Morgan fingerprint density at radius 1 is 1.38 bits per heavy atom. The number of aliphatic imine (C=N–C) groups is 1. The molecule has 0 atom stereocenters. The molecule has 0 bridgehead atoms. The van der Waals surface area contributed by atoms with E-state index in [1.807, 2.05) is 31.1 Å². The Morgan fingerprint density at radius 2 is 2.08 bits per heavy atom. The second-order valence-electron chi connectivity index (χ2n) is 2.65. The van der Waals surface area contributed by atoms with Gasteiger partial charge in [0.25, 0.3) is 0 Å². The first kappa shape index (κ1) is 10.7. The van der Waals surface area contributed by atoms with Crippen molar-refractivity contribution in [3.63, 3.8) is 0 Å². The van der Waals surface area contributed by atoms with Gasteiger partial charge in [0.15, 0.2) is 5.82 Å². The van der Waals surface area contributed by atoms with Crippen LogP contribution in [0.5, 0.6) is 0 Å². The van der Waals surface area contributed by atoms with Crippen LogP contribution in [-0.2, 0) is 0 Å². The van der Waals surface area contributed by atoms with Gasteiger partial charge in [0.05, 0.1) is 10.8 Å². The monoisotopic (exact) mass is 305 g/mol. The molecule has 0 saturated heterocycles. The Balaban J connectivity index is 2.93. The van der Waals surface area contributed by atoms with Crippen molar-refractivity contribution in [2.24, 2.45) is 4.99 Å². The summed E-state index contributed by atoms with van der Waals surface area (Å²) in [7, 11) is 3.82. The maximum atomic E-state index is 4.19. The third kappa shape index (κ3) is 3.44. The van der Waals surface area contributed by atoms with E-state index in [0.717, 1.165) is 9.08 Å². The average molecular weight is 307 g/mol. The van der Waals surface area contributed by atoms with E-state index in [9.17, 15) is 0 Å². The Bertz CT molecular complexity index is 323. The molecule has 0 spiro atoms. The molecule has 0 N–H and O–H groups in total. The first-order chi connectivity index (χ1) is 6.09. The van der Waals surface area contributed by atoms with Crippen molar-refractivity contribution >= 4 is 44.0 Å². The molecule has 0 amide bonds. The zero-order valence-corrected chi connectivity index (χ0v) is 10.5. The molecule has 5 heteroatoms. The minimum absolute atomic E-state index is 0.670. The molecule has 1 aromatic rings. The van der Waals surface area contributed by atoms with Crippen LogP contribution in [0.15, 0.2) is 26.2 Å². The summed E-state index contributed by atoms with van der Waals surface area (Å²) in [5.74, 6) is 0.670. The van der Waals surface area contributed by atoms with Gasteiger partial charge in [-0.25, -0.2) is 9.98 Å². The number of pyridine rings is 1. The maximum Gasteiger partial charge on any atom is 0.168 e. The molecule has 0 fully saturated rings. The Hall–Kier alpha value is -0.420. The van der Waals surface area contributed by atoms with Gasteiger partial charge in [-0.15, -0.1) is 0 Å². The van der Waals surface area contributed by atoms with Crippen LogP contribution < -0.4 is 0 Å². The van der Waals surface area contributed by atoms with Crippen LogP contribution in [0.4, 0.5) is 5.82 Å². The molecule has 1 heterocycles. The van der Waals surface area contributed by atoms with E-state index in [0.29, 0.717) is 5.82 Å². The lowest BCUT2D eigenvalue weighted by Crippen LogP contribution is -2.07. The first-order valence-corrected chi connectivity index (χ1v) is 5.21. The summed E-state index contributed by atoms with van der Waals surface area (Å²) >= 11 is 6.65. The minimum atomic E-state index is 0.670. The third-order valence-electron chi connectivity index (χ3n) is 1.20. The van der Waals surface area contributed by atoms with Crippen LogP contribution in [0.1, 0.15) is 0 Å². The van der Waals surface area contributed by atoms with Crippen LogP contribution in [0.25, 0.3) is 0 Å². The van der Waals surface area contributed by atoms with E-state index in [2.05, 4.69) is 41.8 Å². The van der Waals surface area contributed by atoms with Gasteiger partial charge in [0.2, 0.25) is 0 Å². The SMILES string of the molecule is CN(C)/C=N/c1nc(Br)ccc1Br. The molecule has 0 saturated carbocycles. The number of nitrogens with zero attached hydrogens (tertiary/aromatic N) is 3. The van der Waals surface area contributed by atoms with Gasteiger partial charge in [-0.2, -0.15) is 0 Å². The van der Waals surface area contributed by atoms with E-state index < -0.39 is 0 Å². The second kappa shape index (κ2) is 4.72. The lowest BCUT2D eigenvalue weighted by Gasteiger charge is -2.02. The summed E-state index contributed by atoms with van der Waals surface area (Å²) in [5.41, 5.74) is 0. The maximum absolute atomic E-state index is 4.19. The molecule has 0 radical (unpaired) electrons. The normalized spacial score (nSPS) is 10.8. The zero-order valence-electron chi connectivity index (χ0n) is 7.33. The molecule has 0 aliphatic rings. The zero-order chi connectivity index (χ0) is 9.84. The third-order valence-corrected chi connectivity index (χ3v) is 2.27. The van der Waals surface area contributed by atoms with E-state index in [1.54, 1.807) is 6.34 Å². The van der Waals surface area contributed by atoms with Crippen LogP contribution in [0, 0.1) is 0 Å². The molecular weight excluding hydrogens is 298 g/mol. The molecule has 70 valence electrons. The molecule has 1 aromatic heterocycles. The highest BCUT2D eigenvalue weighted by Gasteiger charge is 1.99. The predicted molar refractivity (Wildman–Crippen MR) is 61.5 cm³/mol. The number of hydrogen-bond acceptors (Lipinski definition) is 2. The molecule has 1 rings (SSSR count). The van der Waals surface area contributed by atoms with Crippen molar-refractivity contribution in [1.82, 2.24) is 9.88 Å². The van der Waals surface area contributed by atoms with Gasteiger partial charge in [-0.3, -0.25) is 0 Å². The lowest BCUT2D eigenvalue weighted by molar-refractivity contribution is 0.643. The summed E-state index contributed by atoms with van der Waals surface area (Å²) < 4.78 is 1.66. The van der Waals surface area contributed by atoms with Crippen molar-refractivity contribution in [2.45, 2.75) is 0 Å². The van der Waals surface area contributed by atoms with Crippen molar-refractivity contribution in [1.29, 1.82) is 0 Å². The van der Waals surface area contributed by atoms with E-state index in [1.165, 1.54) is 0 Å². The van der Waals surface area contributed by atoms with E-state index in [4.69, 9.17) is 0 Å². The number of aromatic nitrogens is 1. The van der Waals surface area contributed by atoms with Gasteiger partial charge < -0.3 is 4.90 Å². The summed E-state index contributed by atoms with van der Waals surface area (Å²) in [6.07, 6.45) is 1.71. The first-order valence-electron chi connectivity index (χ1n) is 3.62. The van der Waals surface area contributed by atoms with Gasteiger partial charge in [-0.1, -0.05) is 0 Å². The molecule has 0 unspecified atom stereocenters. The summed E-state index contributed by atoms with van der Waals surface area (Å²) in [5, 5.41) is 0. The average Bonchev–Trinajstić information content (AvgIpc) is 2.06. The van der Waals surface area contributed by atoms with Gasteiger partial charge >= 0.3 is 0 Å². The van der Waals surface area contributed by atoms with Crippen LogP contribution in [0.3, 0.4) is 0 Å². The van der Waals surface area contributed by atoms with Crippen LogP contribution >= 0.6 is 31.9 Å². The highest BCUT2D eigenvalue weighted by molar-refractivity contribution is 9.11. The summed E-state index contributed by atoms with van der Waals surface area (Å²) in [6, 6.07) is 3.76. The van der Waals surface area contributed by atoms with Gasteiger partial charge in [0.1, 0.15) is 4.60 Å². The van der Waals surface area contributed by atoms with Crippen LogP contribution in [-0.4, -0.2) is 30.3 Å². The molecule has 0 aromatic carbocycles. The highest BCUT2D eigenvalue weighted by Crippen LogP contribution is 2.24. The molecule has 3 nitrogen and oxygen atoms in total. The van der Waals surface area contributed by atoms with Crippen LogP contribution in [0.2, 0.25) is 0 Å². The topological polar surface area (TPSA) is 28.5 Å². The minimum Gasteiger partial charge on any atom is -0.369 e. The van der Waals surface area contributed by atoms with Gasteiger partial charge in [0, 0.05) is 14.1 Å². The Morgan fingerprint density at radius 3 is 2.69 bits per heavy atom. The molecule has 0 aliphatic heterocycles. The fourth-order valence-electron chi connectivity index (χ4n) is 0.669. The quantitative estimate of drug-likeness (QED) is 0.477. The number of rotatable bonds is 2. The summed E-state index contributed by atoms with van der Waals surface area (Å²) in [4.78, 5) is 10.2. The second-order valence-corrected chi connectivity index (χ2v) is 4.31. The van der Waals surface area contributed by atoms with E-state index in [-0.39, 0.29) is 0 Å². The molecule has 0 aliphatic carbocycles. The highest BCUT2D eigenvalue weighted by atomic mass is 79.9. The molecular formula is C8H9Br2N3. The van der Waals surface area contributed by atoms with Crippen molar-refractivity contribution in [2.75, 3.05) is 14.1 Å². The van der Waals surface area contributed by atoms with Crippen molar-refractivity contribution in [3.05, 3.63) is 21.2 Å². The predicted octanol–water partition coefficient (Wildman–Crippen LogP) is 2.83. The number of halogens is 2. The van der Waals surface area contributed by atoms with E-state index >= 15 is 0 Å². The fourth-order valence-corrected chi connectivity index (χ4v) is 1.29. The Labute approximate surface area is 94.1 Å². The lowest BCUT2D eigenvalue weighted by atomic mass is 10.5. The molecule has 13 heavy (non-hydrogen) atoms. The number of hydrogen-bond donors (Lipinski definition) is 0.